The Hall–Kier alpha value is -3.14. The summed E-state index contributed by atoms with van der Waals surface area (Å²) in [5.74, 6) is -1.68. The lowest BCUT2D eigenvalue weighted by molar-refractivity contribution is -0.160. The van der Waals surface area contributed by atoms with Crippen LogP contribution in [0.5, 0.6) is 0 Å². The zero-order valence-corrected chi connectivity index (χ0v) is 17.2. The molecule has 0 saturated heterocycles. The lowest BCUT2D eigenvalue weighted by Crippen LogP contribution is -2.38. The Morgan fingerprint density at radius 2 is 1.17 bits per heavy atom. The first-order valence-electron chi connectivity index (χ1n) is 10.6. The van der Waals surface area contributed by atoms with Crippen LogP contribution >= 0.6 is 0 Å². The Morgan fingerprint density at radius 3 is 1.57 bits per heavy atom. The molecule has 1 aliphatic rings. The van der Waals surface area contributed by atoms with Crippen molar-refractivity contribution in [1.82, 2.24) is 0 Å². The van der Waals surface area contributed by atoms with Crippen LogP contribution in [0.4, 0.5) is 0 Å². The van der Waals surface area contributed by atoms with Gasteiger partial charge in [-0.3, -0.25) is 9.59 Å². The molecule has 0 fully saturated rings. The van der Waals surface area contributed by atoms with E-state index in [1.54, 1.807) is 13.8 Å². The third kappa shape index (κ3) is 2.74. The van der Waals surface area contributed by atoms with Crippen molar-refractivity contribution in [2.75, 3.05) is 13.2 Å². The fraction of sp³-hybridized carbons (Fsp3) is 0.308. The van der Waals surface area contributed by atoms with E-state index >= 15 is 0 Å². The molecule has 0 heterocycles. The highest BCUT2D eigenvalue weighted by molar-refractivity contribution is 6.25. The van der Waals surface area contributed by atoms with Crippen LogP contribution in [0.1, 0.15) is 25.0 Å². The van der Waals surface area contributed by atoms with Gasteiger partial charge in [-0.05, 0) is 70.1 Å². The fourth-order valence-electron chi connectivity index (χ4n) is 5.17. The van der Waals surface area contributed by atoms with Crippen molar-refractivity contribution in [1.29, 1.82) is 0 Å². The van der Waals surface area contributed by atoms with Crippen LogP contribution in [0.3, 0.4) is 0 Å². The maximum atomic E-state index is 12.8. The van der Waals surface area contributed by atoms with Crippen molar-refractivity contribution in [2.45, 2.75) is 26.7 Å². The number of carbonyl (C=O) groups is 2. The zero-order valence-electron chi connectivity index (χ0n) is 17.2. The minimum Gasteiger partial charge on any atom is -0.466 e. The Labute approximate surface area is 175 Å². The number of carbonyl (C=O) groups excluding carboxylic acids is 2. The highest BCUT2D eigenvalue weighted by atomic mass is 16.5. The zero-order chi connectivity index (χ0) is 20.8. The van der Waals surface area contributed by atoms with Gasteiger partial charge in [-0.1, -0.05) is 48.5 Å². The molecule has 5 rings (SSSR count). The van der Waals surface area contributed by atoms with Crippen molar-refractivity contribution >= 4 is 44.3 Å². The smallest absolute Gasteiger partial charge is 0.310 e. The highest BCUT2D eigenvalue weighted by Crippen LogP contribution is 2.44. The van der Waals surface area contributed by atoms with Crippen molar-refractivity contribution in [3.8, 4) is 0 Å². The molecule has 0 aliphatic heterocycles. The topological polar surface area (TPSA) is 52.6 Å². The van der Waals surface area contributed by atoms with Gasteiger partial charge in [-0.15, -0.1) is 0 Å². The summed E-state index contributed by atoms with van der Waals surface area (Å²) in [5, 5.41) is 7.20. The van der Waals surface area contributed by atoms with Gasteiger partial charge in [0.25, 0.3) is 0 Å². The first-order valence-corrected chi connectivity index (χ1v) is 10.6. The monoisotopic (exact) mass is 400 g/mol. The highest BCUT2D eigenvalue weighted by Gasteiger charge is 2.41. The van der Waals surface area contributed by atoms with Gasteiger partial charge in [0.2, 0.25) is 0 Å². The second-order valence-corrected chi connectivity index (χ2v) is 7.96. The van der Waals surface area contributed by atoms with E-state index in [-0.39, 0.29) is 11.9 Å². The number of ether oxygens (including phenoxy) is 2. The summed E-state index contributed by atoms with van der Waals surface area (Å²) in [6, 6.07) is 17.0. The van der Waals surface area contributed by atoms with Crippen LogP contribution in [0.25, 0.3) is 32.3 Å². The van der Waals surface area contributed by atoms with Crippen LogP contribution in [-0.2, 0) is 31.9 Å². The molecule has 4 heteroatoms. The van der Waals surface area contributed by atoms with Crippen molar-refractivity contribution in [3.63, 3.8) is 0 Å². The predicted octanol–water partition coefficient (Wildman–Crippen LogP) is 5.04. The average molecular weight is 400 g/mol. The third-order valence-electron chi connectivity index (χ3n) is 6.41. The summed E-state index contributed by atoms with van der Waals surface area (Å²) in [4.78, 5) is 25.6. The molecule has 4 aromatic rings. The average Bonchev–Trinajstić information content (AvgIpc) is 2.77. The fourth-order valence-corrected chi connectivity index (χ4v) is 5.17. The van der Waals surface area contributed by atoms with E-state index in [1.165, 1.54) is 32.3 Å². The molecule has 0 unspecified atom stereocenters. The Bertz CT molecular complexity index is 1170. The number of benzene rings is 4. The molecule has 0 amide bonds. The van der Waals surface area contributed by atoms with Gasteiger partial charge >= 0.3 is 11.9 Å². The molecule has 0 aromatic heterocycles. The van der Waals surface area contributed by atoms with Gasteiger partial charge in [-0.25, -0.2) is 0 Å². The van der Waals surface area contributed by atoms with Gasteiger partial charge in [0.05, 0.1) is 25.0 Å². The van der Waals surface area contributed by atoms with E-state index in [9.17, 15) is 9.59 Å². The first-order chi connectivity index (χ1) is 14.6. The molecule has 30 heavy (non-hydrogen) atoms. The van der Waals surface area contributed by atoms with Gasteiger partial charge in [0.1, 0.15) is 0 Å². The summed E-state index contributed by atoms with van der Waals surface area (Å²) in [6.07, 6.45) is 0.975. The molecule has 0 spiro atoms. The Balaban J connectivity index is 1.79. The minimum absolute atomic E-state index is 0.300. The second-order valence-electron chi connectivity index (χ2n) is 7.96. The summed E-state index contributed by atoms with van der Waals surface area (Å²) in [6.45, 7) is 4.19. The van der Waals surface area contributed by atoms with E-state index in [1.807, 2.05) is 0 Å². The largest absolute Gasteiger partial charge is 0.466 e. The number of esters is 2. The van der Waals surface area contributed by atoms with E-state index < -0.39 is 11.8 Å². The molecule has 4 nitrogen and oxygen atoms in total. The molecule has 0 N–H and O–H groups in total. The van der Waals surface area contributed by atoms with Gasteiger partial charge in [0.15, 0.2) is 0 Å². The molecule has 152 valence electrons. The summed E-state index contributed by atoms with van der Waals surface area (Å²) < 4.78 is 10.7. The number of hydrogen-bond acceptors (Lipinski definition) is 4. The van der Waals surface area contributed by atoms with E-state index in [0.717, 1.165) is 11.1 Å². The summed E-state index contributed by atoms with van der Waals surface area (Å²) >= 11 is 0. The predicted molar refractivity (Wildman–Crippen MR) is 118 cm³/mol. The molecule has 0 bridgehead atoms. The van der Waals surface area contributed by atoms with E-state index in [4.69, 9.17) is 9.47 Å². The van der Waals surface area contributed by atoms with E-state index in [0.29, 0.717) is 26.1 Å². The Morgan fingerprint density at radius 1 is 0.733 bits per heavy atom. The van der Waals surface area contributed by atoms with Crippen LogP contribution in [0.2, 0.25) is 0 Å². The first kappa shape index (κ1) is 18.9. The Kier molecular flexibility index (Phi) is 4.58. The van der Waals surface area contributed by atoms with Crippen molar-refractivity contribution < 1.29 is 19.1 Å². The molecular weight excluding hydrogens is 376 g/mol. The van der Waals surface area contributed by atoms with Gasteiger partial charge < -0.3 is 9.47 Å². The van der Waals surface area contributed by atoms with Gasteiger partial charge in [-0.2, -0.15) is 0 Å². The van der Waals surface area contributed by atoms with Crippen LogP contribution in [0.15, 0.2) is 48.5 Å². The summed E-state index contributed by atoms with van der Waals surface area (Å²) in [5.41, 5.74) is 2.32. The molecular formula is C26H24O4. The quantitative estimate of drug-likeness (QED) is 0.356. The maximum absolute atomic E-state index is 12.8. The normalized spacial score (nSPS) is 18.6. The van der Waals surface area contributed by atoms with Crippen molar-refractivity contribution in [2.24, 2.45) is 11.8 Å². The molecule has 2 atom stereocenters. The lowest BCUT2D eigenvalue weighted by Gasteiger charge is -2.32. The molecule has 0 radical (unpaired) electrons. The third-order valence-corrected chi connectivity index (χ3v) is 6.41. The molecule has 1 aliphatic carbocycles. The second kappa shape index (κ2) is 7.28. The van der Waals surface area contributed by atoms with Crippen LogP contribution in [0, 0.1) is 11.8 Å². The lowest BCUT2D eigenvalue weighted by atomic mass is 9.72. The molecule has 4 aromatic carbocycles. The maximum Gasteiger partial charge on any atom is 0.310 e. The van der Waals surface area contributed by atoms with Crippen LogP contribution in [-0.4, -0.2) is 25.2 Å². The number of hydrogen-bond donors (Lipinski definition) is 0. The van der Waals surface area contributed by atoms with Crippen LogP contribution < -0.4 is 0 Å². The summed E-state index contributed by atoms with van der Waals surface area (Å²) in [7, 11) is 0. The SMILES string of the molecule is CCOC(=O)[C@@H]1Cc2c(c3cccc4ccc5cccc2c5c43)C[C@H]1C(=O)OCC. The van der Waals surface area contributed by atoms with E-state index in [2.05, 4.69) is 48.5 Å². The number of rotatable bonds is 4. The standard InChI is InChI=1S/C26H24O4/c1-3-29-25(27)21-13-19-17-9-5-7-15-11-12-16-8-6-10-18(24(16)23(15)17)20(19)14-22(21)26(28)30-4-2/h5-12,21-22H,3-4,13-14H2,1-2H3/t21-,22-/m1/s1. The number of fused-ring (bicyclic) bond motifs is 3. The molecule has 0 saturated carbocycles. The van der Waals surface area contributed by atoms with Gasteiger partial charge in [0, 0.05) is 0 Å². The minimum atomic E-state index is -0.525. The van der Waals surface area contributed by atoms with Crippen molar-refractivity contribution in [3.05, 3.63) is 59.7 Å².